The third-order valence-corrected chi connectivity index (χ3v) is 9.09. The van der Waals surface area contributed by atoms with E-state index in [0.29, 0.717) is 10.9 Å². The van der Waals surface area contributed by atoms with Crippen molar-refractivity contribution in [2.75, 3.05) is 0 Å². The van der Waals surface area contributed by atoms with Gasteiger partial charge in [0.2, 0.25) is 5.16 Å². The number of nitrogens with zero attached hydrogens (tertiary/aromatic N) is 5. The predicted molar refractivity (Wildman–Crippen MR) is 135 cm³/mol. The summed E-state index contributed by atoms with van der Waals surface area (Å²) < 4.78 is 1.98. The maximum Gasteiger partial charge on any atom is 0.215 e. The maximum atomic E-state index is 6.59. The van der Waals surface area contributed by atoms with E-state index in [-0.39, 0.29) is 0 Å². The molecule has 8 heteroatoms. The Morgan fingerprint density at radius 3 is 2.67 bits per heavy atom. The second kappa shape index (κ2) is 9.01. The fourth-order valence-corrected chi connectivity index (χ4v) is 7.68. The summed E-state index contributed by atoms with van der Waals surface area (Å²) in [5, 5.41) is 8.62. The number of hydrogen-bond acceptors (Lipinski definition) is 6. The van der Waals surface area contributed by atoms with Crippen molar-refractivity contribution in [3.63, 3.8) is 0 Å². The summed E-state index contributed by atoms with van der Waals surface area (Å²) in [6.45, 7) is 1.98. The van der Waals surface area contributed by atoms with Gasteiger partial charge in [-0.05, 0) is 74.9 Å². The smallest absolute Gasteiger partial charge is 0.215 e. The van der Waals surface area contributed by atoms with Gasteiger partial charge in [0.15, 0.2) is 0 Å². The van der Waals surface area contributed by atoms with Gasteiger partial charge < -0.3 is 0 Å². The minimum Gasteiger partial charge on any atom is -0.226 e. The summed E-state index contributed by atoms with van der Waals surface area (Å²) in [7, 11) is 0. The Hall–Kier alpha value is -1.96. The molecule has 1 aromatic carbocycles. The molecule has 0 unspecified atom stereocenters. The van der Waals surface area contributed by atoms with Crippen molar-refractivity contribution in [1.82, 2.24) is 24.7 Å². The van der Waals surface area contributed by atoms with Crippen molar-refractivity contribution >= 4 is 44.9 Å². The Morgan fingerprint density at radius 2 is 1.82 bits per heavy atom. The molecule has 6 rings (SSSR count). The third kappa shape index (κ3) is 4.08. The molecule has 2 aliphatic carbocycles. The average Bonchev–Trinajstić information content (AvgIpc) is 3.41. The van der Waals surface area contributed by atoms with Crippen molar-refractivity contribution in [1.29, 1.82) is 0 Å². The van der Waals surface area contributed by atoms with E-state index in [9.17, 15) is 0 Å². The highest BCUT2D eigenvalue weighted by molar-refractivity contribution is 7.99. The summed E-state index contributed by atoms with van der Waals surface area (Å²) in [5.74, 6) is 2.25. The number of aromatic nitrogens is 5. The lowest BCUT2D eigenvalue weighted by Gasteiger charge is -2.21. The van der Waals surface area contributed by atoms with Gasteiger partial charge in [-0.1, -0.05) is 43.0 Å². The van der Waals surface area contributed by atoms with Gasteiger partial charge in [-0.15, -0.1) is 16.4 Å². The zero-order valence-electron chi connectivity index (χ0n) is 18.7. The number of hydrogen-bond donors (Lipinski definition) is 0. The van der Waals surface area contributed by atoms with Gasteiger partial charge in [-0.2, -0.15) is 0 Å². The van der Waals surface area contributed by atoms with E-state index in [1.807, 2.05) is 47.2 Å². The van der Waals surface area contributed by atoms with Crippen molar-refractivity contribution < 1.29 is 0 Å². The van der Waals surface area contributed by atoms with Crippen LogP contribution in [0.5, 0.6) is 0 Å². The van der Waals surface area contributed by atoms with Crippen LogP contribution in [0.4, 0.5) is 0 Å². The monoisotopic (exact) mass is 495 g/mol. The topological polar surface area (TPSA) is 56.5 Å². The summed E-state index contributed by atoms with van der Waals surface area (Å²) in [6, 6.07) is 7.92. The number of halogens is 1. The van der Waals surface area contributed by atoms with Crippen LogP contribution in [0.3, 0.4) is 0 Å². The highest BCUT2D eigenvalue weighted by Gasteiger charge is 2.26. The first kappa shape index (κ1) is 21.6. The minimum atomic E-state index is 0.415. The molecule has 3 heterocycles. The number of thiophene rings is 1. The van der Waals surface area contributed by atoms with Crippen LogP contribution in [0.2, 0.25) is 5.02 Å². The quantitative estimate of drug-likeness (QED) is 0.278. The SMILES string of the molecule is Cc1nc(Sc2nc(C3CCCCC3)n(-c3ccccc3Cl)n2)c2c3c(sc2n1)CCCC3. The molecule has 0 aliphatic heterocycles. The van der Waals surface area contributed by atoms with Gasteiger partial charge in [0.25, 0.3) is 0 Å². The van der Waals surface area contributed by atoms with E-state index in [1.165, 1.54) is 47.9 Å². The van der Waals surface area contributed by atoms with Crippen LogP contribution in [-0.2, 0) is 12.8 Å². The Morgan fingerprint density at radius 1 is 1.00 bits per heavy atom. The molecule has 5 nitrogen and oxygen atoms in total. The van der Waals surface area contributed by atoms with E-state index < -0.39 is 0 Å². The lowest BCUT2D eigenvalue weighted by molar-refractivity contribution is 0.422. The van der Waals surface area contributed by atoms with Crippen molar-refractivity contribution in [3.8, 4) is 5.69 Å². The molecule has 0 spiro atoms. The molecule has 0 radical (unpaired) electrons. The molecular weight excluding hydrogens is 470 g/mol. The van der Waals surface area contributed by atoms with Crippen molar-refractivity contribution in [2.45, 2.75) is 80.8 Å². The number of benzene rings is 1. The molecule has 33 heavy (non-hydrogen) atoms. The van der Waals surface area contributed by atoms with E-state index in [4.69, 9.17) is 31.7 Å². The van der Waals surface area contributed by atoms with Gasteiger partial charge in [0.05, 0.1) is 10.7 Å². The van der Waals surface area contributed by atoms with Crippen LogP contribution in [0.1, 0.15) is 73.0 Å². The van der Waals surface area contributed by atoms with Gasteiger partial charge in [-0.3, -0.25) is 0 Å². The van der Waals surface area contributed by atoms with Crippen LogP contribution in [0.25, 0.3) is 15.9 Å². The number of aryl methyl sites for hydroxylation is 3. The molecule has 0 atom stereocenters. The largest absolute Gasteiger partial charge is 0.226 e. The molecule has 4 aromatic rings. The molecule has 1 saturated carbocycles. The second-order valence-corrected chi connectivity index (χ2v) is 11.5. The van der Waals surface area contributed by atoms with Gasteiger partial charge in [0, 0.05) is 16.2 Å². The Balaban J connectivity index is 1.45. The molecule has 0 amide bonds. The summed E-state index contributed by atoms with van der Waals surface area (Å²) in [5.41, 5.74) is 2.35. The van der Waals surface area contributed by atoms with Crippen LogP contribution in [-0.4, -0.2) is 24.7 Å². The normalized spacial score (nSPS) is 16.9. The summed E-state index contributed by atoms with van der Waals surface area (Å²) >= 11 is 10.0. The van der Waals surface area contributed by atoms with E-state index in [1.54, 1.807) is 11.8 Å². The molecular formula is C25H26ClN5S2. The lowest BCUT2D eigenvalue weighted by Crippen LogP contribution is -2.12. The fraction of sp³-hybridized carbons (Fsp3) is 0.440. The van der Waals surface area contributed by atoms with Crippen LogP contribution < -0.4 is 0 Å². The first-order valence-corrected chi connectivity index (χ1v) is 13.9. The molecule has 2 aliphatic rings. The van der Waals surface area contributed by atoms with Gasteiger partial charge in [-0.25, -0.2) is 19.6 Å². The molecule has 170 valence electrons. The number of fused-ring (bicyclic) bond motifs is 3. The summed E-state index contributed by atoms with van der Waals surface area (Å²) in [4.78, 5) is 17.3. The van der Waals surface area contributed by atoms with Crippen LogP contribution in [0, 0.1) is 6.92 Å². The van der Waals surface area contributed by atoms with E-state index in [2.05, 4.69) is 0 Å². The first-order valence-electron chi connectivity index (χ1n) is 11.9. The van der Waals surface area contributed by atoms with Gasteiger partial charge >= 0.3 is 0 Å². The number of rotatable bonds is 4. The average molecular weight is 496 g/mol. The maximum absolute atomic E-state index is 6.59. The van der Waals surface area contributed by atoms with Crippen molar-refractivity contribution in [3.05, 3.63) is 51.4 Å². The standard InChI is InChI=1S/C25H26ClN5S2/c1-15-27-23-21(17-11-5-8-14-20(17)32-23)24(28-15)33-25-29-22(16-9-3-2-4-10-16)31(30-25)19-13-7-6-12-18(19)26/h6-7,12-13,16H,2-5,8-11,14H2,1H3. The fourth-order valence-electron chi connectivity index (χ4n) is 5.16. The Labute approximate surface area is 207 Å². The Kier molecular flexibility index (Phi) is 5.88. The second-order valence-electron chi connectivity index (χ2n) is 9.02. The van der Waals surface area contributed by atoms with E-state index >= 15 is 0 Å². The lowest BCUT2D eigenvalue weighted by atomic mass is 9.88. The highest BCUT2D eigenvalue weighted by atomic mass is 35.5. The molecule has 1 fully saturated rings. The summed E-state index contributed by atoms with van der Waals surface area (Å²) in [6.07, 6.45) is 10.9. The van der Waals surface area contributed by atoms with E-state index in [0.717, 1.165) is 58.0 Å². The molecule has 3 aromatic heterocycles. The molecule has 0 bridgehead atoms. The molecule has 0 N–H and O–H groups in total. The zero-order valence-corrected chi connectivity index (χ0v) is 21.1. The molecule has 0 saturated heterocycles. The zero-order chi connectivity index (χ0) is 22.4. The minimum absolute atomic E-state index is 0.415. The number of para-hydroxylation sites is 1. The predicted octanol–water partition coefficient (Wildman–Crippen LogP) is 7.31. The third-order valence-electron chi connectivity index (χ3n) is 6.74. The highest BCUT2D eigenvalue weighted by Crippen LogP contribution is 2.42. The van der Waals surface area contributed by atoms with Crippen LogP contribution in [0.15, 0.2) is 34.4 Å². The Bertz CT molecular complexity index is 1320. The van der Waals surface area contributed by atoms with Crippen molar-refractivity contribution in [2.24, 2.45) is 0 Å². The first-order chi connectivity index (χ1) is 16.2. The van der Waals surface area contributed by atoms with Gasteiger partial charge in [0.1, 0.15) is 21.5 Å². The van der Waals surface area contributed by atoms with Crippen LogP contribution >= 0.6 is 34.7 Å².